The Labute approximate surface area is 248 Å². The standard InChI is InChI=1S/2C19H15.CH2O3/c2*1-4-10-16(11-5-1)19(17-12-6-2-7-13-17)18-14-8-3-9-15-18;2-1(3)4/h2*1-15H;(H2,2,3,4)/q2*+1;/p-2. The quantitative estimate of drug-likeness (QED) is 0.255. The number of hydrogen-bond acceptors (Lipinski definition) is 3. The number of benzene rings is 4. The largest absolute Gasteiger partial charge is 0.652 e. The fourth-order valence-corrected chi connectivity index (χ4v) is 4.63. The van der Waals surface area contributed by atoms with Gasteiger partial charge in [0.2, 0.25) is 0 Å². The zero-order valence-corrected chi connectivity index (χ0v) is 23.0. The third-order valence-corrected chi connectivity index (χ3v) is 6.37. The summed E-state index contributed by atoms with van der Waals surface area (Å²) in [5, 5.41) is 16.7. The first-order valence-electron chi connectivity index (χ1n) is 13.6. The van der Waals surface area contributed by atoms with Crippen molar-refractivity contribution in [2.24, 2.45) is 0 Å². The SMILES string of the molecule is C1=C[CH+]C(=C(c2ccccc2)c2ccccc2)C=C1.C1=C[CH+]C(=C(c2ccccc2)c2ccccc2)C=C1.O=C([O-])[O-]. The summed E-state index contributed by atoms with van der Waals surface area (Å²) in [6.07, 6.45) is 18.8. The second-order valence-corrected chi connectivity index (χ2v) is 9.20. The highest BCUT2D eigenvalue weighted by molar-refractivity contribution is 5.86. The van der Waals surface area contributed by atoms with E-state index in [1.807, 2.05) is 0 Å². The highest BCUT2D eigenvalue weighted by Crippen LogP contribution is 2.31. The molecule has 4 aromatic carbocycles. The number of carbonyl (C=O) groups is 1. The van der Waals surface area contributed by atoms with Crippen LogP contribution in [0.15, 0.2) is 181 Å². The van der Waals surface area contributed by atoms with Gasteiger partial charge in [-0.3, -0.25) is 0 Å². The molecule has 2 aliphatic rings. The smallest absolute Gasteiger partial charge is 0.105 e. The Morgan fingerprint density at radius 2 is 0.690 bits per heavy atom. The Kier molecular flexibility index (Phi) is 11.0. The van der Waals surface area contributed by atoms with Gasteiger partial charge >= 0.3 is 0 Å². The van der Waals surface area contributed by atoms with Crippen molar-refractivity contribution in [1.29, 1.82) is 0 Å². The van der Waals surface area contributed by atoms with Crippen LogP contribution in [0.4, 0.5) is 4.79 Å². The van der Waals surface area contributed by atoms with E-state index in [-0.39, 0.29) is 0 Å². The van der Waals surface area contributed by atoms with E-state index in [0.717, 1.165) is 0 Å². The second-order valence-electron chi connectivity index (χ2n) is 9.20. The van der Waals surface area contributed by atoms with Crippen molar-refractivity contribution in [3.05, 3.63) is 216 Å². The molecule has 0 bridgehead atoms. The molecule has 0 unspecified atom stereocenters. The van der Waals surface area contributed by atoms with Crippen LogP contribution in [0.25, 0.3) is 11.1 Å². The molecule has 204 valence electrons. The van der Waals surface area contributed by atoms with Crippen LogP contribution in [-0.4, -0.2) is 6.16 Å². The first-order chi connectivity index (χ1) is 20.6. The van der Waals surface area contributed by atoms with Crippen molar-refractivity contribution in [2.45, 2.75) is 0 Å². The maximum Gasteiger partial charge on any atom is 0.105 e. The van der Waals surface area contributed by atoms with Gasteiger partial charge in [-0.1, -0.05) is 72.8 Å². The molecule has 0 aromatic heterocycles. The third kappa shape index (κ3) is 8.67. The third-order valence-electron chi connectivity index (χ3n) is 6.37. The Bertz CT molecular complexity index is 1400. The summed E-state index contributed by atoms with van der Waals surface area (Å²) in [5.41, 5.74) is 10.1. The summed E-state index contributed by atoms with van der Waals surface area (Å²) >= 11 is 0. The minimum absolute atomic E-state index is 1.25. The summed E-state index contributed by atoms with van der Waals surface area (Å²) in [7, 11) is 0. The molecular weight excluding hydrogens is 516 g/mol. The van der Waals surface area contributed by atoms with E-state index in [0.29, 0.717) is 0 Å². The minimum Gasteiger partial charge on any atom is -0.652 e. The van der Waals surface area contributed by atoms with Gasteiger partial charge in [0.1, 0.15) is 11.1 Å². The summed E-state index contributed by atoms with van der Waals surface area (Å²) in [4.78, 5) is 8.33. The Morgan fingerprint density at radius 3 is 0.905 bits per heavy atom. The van der Waals surface area contributed by atoms with Crippen molar-refractivity contribution in [2.75, 3.05) is 0 Å². The predicted molar refractivity (Wildman–Crippen MR) is 168 cm³/mol. The number of hydrogen-bond donors (Lipinski definition) is 0. The molecule has 3 nitrogen and oxygen atoms in total. The maximum atomic E-state index is 8.33. The lowest BCUT2D eigenvalue weighted by atomic mass is 9.90. The molecule has 0 fully saturated rings. The van der Waals surface area contributed by atoms with Crippen molar-refractivity contribution in [3.8, 4) is 0 Å². The van der Waals surface area contributed by atoms with E-state index in [1.165, 1.54) is 44.5 Å². The van der Waals surface area contributed by atoms with Crippen LogP contribution in [0.5, 0.6) is 0 Å². The second kappa shape index (κ2) is 15.8. The molecule has 0 amide bonds. The zero-order valence-electron chi connectivity index (χ0n) is 23.0. The van der Waals surface area contributed by atoms with E-state index in [9.17, 15) is 0 Å². The zero-order chi connectivity index (χ0) is 29.4. The molecular formula is C39H30O3. The number of allylic oxidation sites excluding steroid dienone is 10. The predicted octanol–water partition coefficient (Wildman–Crippen LogP) is 7.19. The minimum atomic E-state index is -2.33. The maximum absolute atomic E-state index is 8.33. The summed E-state index contributed by atoms with van der Waals surface area (Å²) in [6.45, 7) is 0. The van der Waals surface area contributed by atoms with Gasteiger partial charge in [-0.15, -0.1) is 0 Å². The average molecular weight is 547 g/mol. The topological polar surface area (TPSA) is 63.2 Å². The molecule has 0 N–H and O–H groups in total. The number of carboxylic acid groups (broad SMARTS) is 2. The molecule has 2 aliphatic carbocycles. The van der Waals surface area contributed by atoms with Crippen molar-refractivity contribution < 1.29 is 15.0 Å². The molecule has 0 spiro atoms. The number of rotatable bonds is 4. The normalized spacial score (nSPS) is 12.5. The highest BCUT2D eigenvalue weighted by atomic mass is 16.6. The fraction of sp³-hybridized carbons (Fsp3) is 0. The van der Waals surface area contributed by atoms with Crippen LogP contribution in [0, 0.1) is 12.8 Å². The van der Waals surface area contributed by atoms with Gasteiger partial charge in [0, 0.05) is 83.7 Å². The highest BCUT2D eigenvalue weighted by Gasteiger charge is 2.17. The molecule has 0 saturated carbocycles. The van der Waals surface area contributed by atoms with Gasteiger partial charge in [0.15, 0.2) is 0 Å². The van der Waals surface area contributed by atoms with Crippen LogP contribution < -0.4 is 10.2 Å². The van der Waals surface area contributed by atoms with Gasteiger partial charge in [0.25, 0.3) is 0 Å². The van der Waals surface area contributed by atoms with Crippen molar-refractivity contribution in [1.82, 2.24) is 0 Å². The summed E-state index contributed by atoms with van der Waals surface area (Å²) in [5.74, 6) is 0. The van der Waals surface area contributed by atoms with E-state index in [4.69, 9.17) is 15.0 Å². The van der Waals surface area contributed by atoms with E-state index >= 15 is 0 Å². The van der Waals surface area contributed by atoms with Gasteiger partial charge in [-0.2, -0.15) is 0 Å². The molecule has 3 heteroatoms. The molecule has 0 radical (unpaired) electrons. The lowest BCUT2D eigenvalue weighted by molar-refractivity contribution is -0.415. The molecule has 42 heavy (non-hydrogen) atoms. The molecule has 6 rings (SSSR count). The number of carbonyl (C=O) groups excluding carboxylic acids is 1. The van der Waals surface area contributed by atoms with Gasteiger partial charge in [0.05, 0.1) is 11.1 Å². The Hall–Kier alpha value is -5.67. The van der Waals surface area contributed by atoms with Gasteiger partial charge in [-0.25, -0.2) is 0 Å². The Balaban J connectivity index is 0.000000171. The van der Waals surface area contributed by atoms with Gasteiger partial charge < -0.3 is 15.0 Å². The van der Waals surface area contributed by atoms with Crippen LogP contribution in [0.2, 0.25) is 0 Å². The first-order valence-corrected chi connectivity index (χ1v) is 13.6. The first kappa shape index (κ1) is 29.3. The molecule has 0 aliphatic heterocycles. The van der Waals surface area contributed by atoms with E-state index in [2.05, 4.69) is 183 Å². The fourth-order valence-electron chi connectivity index (χ4n) is 4.63. The van der Waals surface area contributed by atoms with Crippen molar-refractivity contribution in [3.63, 3.8) is 0 Å². The summed E-state index contributed by atoms with van der Waals surface area (Å²) in [6, 6.07) is 42.2. The van der Waals surface area contributed by atoms with Crippen LogP contribution in [-0.2, 0) is 0 Å². The monoisotopic (exact) mass is 546 g/mol. The lowest BCUT2D eigenvalue weighted by Gasteiger charge is -2.08. The molecule has 0 saturated heterocycles. The average Bonchev–Trinajstić information content (AvgIpc) is 3.05. The Morgan fingerprint density at radius 1 is 0.429 bits per heavy atom. The van der Waals surface area contributed by atoms with Gasteiger partial charge in [-0.05, 0) is 54.7 Å². The van der Waals surface area contributed by atoms with E-state index in [1.54, 1.807) is 0 Å². The van der Waals surface area contributed by atoms with E-state index < -0.39 is 6.16 Å². The van der Waals surface area contributed by atoms with Crippen LogP contribution >= 0.6 is 0 Å². The lowest BCUT2D eigenvalue weighted by Crippen LogP contribution is -2.37. The molecule has 0 atom stereocenters. The summed E-state index contributed by atoms with van der Waals surface area (Å²) < 4.78 is 0. The van der Waals surface area contributed by atoms with Crippen LogP contribution in [0.3, 0.4) is 0 Å². The van der Waals surface area contributed by atoms with Crippen LogP contribution in [0.1, 0.15) is 22.3 Å². The molecule has 0 heterocycles. The van der Waals surface area contributed by atoms with Crippen molar-refractivity contribution >= 4 is 17.3 Å². The molecule has 4 aromatic rings.